The van der Waals surface area contributed by atoms with Gasteiger partial charge in [-0.15, -0.1) is 0 Å². The van der Waals surface area contributed by atoms with E-state index in [-0.39, 0.29) is 11.1 Å². The second kappa shape index (κ2) is 6.28. The van der Waals surface area contributed by atoms with E-state index in [0.29, 0.717) is 24.1 Å². The van der Waals surface area contributed by atoms with Crippen LogP contribution in [0.15, 0.2) is 21.6 Å². The Hall–Kier alpha value is -0.850. The Morgan fingerprint density at radius 1 is 1.35 bits per heavy atom. The zero-order valence-corrected chi connectivity index (χ0v) is 13.2. The highest BCUT2D eigenvalue weighted by Gasteiger charge is 2.35. The topological polar surface area (TPSA) is 71.3 Å². The van der Waals surface area contributed by atoms with Gasteiger partial charge in [-0.25, -0.2) is 13.1 Å². The summed E-state index contributed by atoms with van der Waals surface area (Å²) in [6, 6.07) is 3.23. The lowest BCUT2D eigenvalue weighted by molar-refractivity contribution is 0.362. The maximum absolute atomic E-state index is 12.3. The Bertz CT molecular complexity index is 538. The molecule has 0 spiro atoms. The second-order valence-corrected chi connectivity index (χ2v) is 7.23. The van der Waals surface area contributed by atoms with Crippen LogP contribution in [0.1, 0.15) is 38.9 Å². The molecule has 1 aromatic heterocycles. The van der Waals surface area contributed by atoms with Gasteiger partial charge in [0.05, 0.1) is 6.54 Å². The highest BCUT2D eigenvalue weighted by Crippen LogP contribution is 2.34. The molecule has 0 bridgehead atoms. The molecule has 1 heterocycles. The molecule has 1 fully saturated rings. The van der Waals surface area contributed by atoms with E-state index in [1.807, 2.05) is 0 Å². The lowest BCUT2D eigenvalue weighted by Crippen LogP contribution is -2.37. The molecule has 0 amide bonds. The van der Waals surface area contributed by atoms with Crippen molar-refractivity contribution < 1.29 is 12.8 Å². The maximum atomic E-state index is 12.3. The van der Waals surface area contributed by atoms with Crippen LogP contribution in [-0.2, 0) is 16.6 Å². The van der Waals surface area contributed by atoms with Gasteiger partial charge in [-0.3, -0.25) is 0 Å². The minimum atomic E-state index is -3.55. The molecule has 1 aromatic rings. The van der Waals surface area contributed by atoms with E-state index < -0.39 is 10.0 Å². The summed E-state index contributed by atoms with van der Waals surface area (Å²) in [6.45, 7) is 4.81. The van der Waals surface area contributed by atoms with Crippen molar-refractivity contribution in [3.63, 3.8) is 0 Å². The van der Waals surface area contributed by atoms with Gasteiger partial charge in [-0.05, 0) is 43.9 Å². The van der Waals surface area contributed by atoms with E-state index in [1.165, 1.54) is 6.07 Å². The number of hydrogen-bond acceptors (Lipinski definition) is 4. The molecule has 0 saturated heterocycles. The van der Waals surface area contributed by atoms with Crippen LogP contribution in [0, 0.1) is 11.8 Å². The van der Waals surface area contributed by atoms with Gasteiger partial charge >= 0.3 is 0 Å². The normalized spacial score (nSPS) is 27.1. The summed E-state index contributed by atoms with van der Waals surface area (Å²) in [5, 5.41) is 2.94. The van der Waals surface area contributed by atoms with Gasteiger partial charge in [-0.1, -0.05) is 20.3 Å². The average molecular weight is 300 g/mol. The van der Waals surface area contributed by atoms with Crippen molar-refractivity contribution in [1.29, 1.82) is 0 Å². The van der Waals surface area contributed by atoms with Gasteiger partial charge in [-0.2, -0.15) is 0 Å². The summed E-state index contributed by atoms with van der Waals surface area (Å²) in [6.07, 6.45) is 3.10. The number of nitrogens with one attached hydrogen (secondary N) is 2. The smallest absolute Gasteiger partial charge is 0.274 e. The summed E-state index contributed by atoms with van der Waals surface area (Å²) in [5.74, 6) is 1.61. The van der Waals surface area contributed by atoms with Gasteiger partial charge in [0.2, 0.25) is 5.09 Å². The molecule has 1 aliphatic rings. The zero-order chi connectivity index (χ0) is 14.8. The van der Waals surface area contributed by atoms with E-state index in [4.69, 9.17) is 4.42 Å². The van der Waals surface area contributed by atoms with Crippen molar-refractivity contribution in [2.75, 3.05) is 7.05 Å². The van der Waals surface area contributed by atoms with Gasteiger partial charge in [0.1, 0.15) is 5.76 Å². The molecule has 2 rings (SSSR count). The Balaban J connectivity index is 2.07. The molecule has 3 unspecified atom stereocenters. The molecule has 0 aromatic carbocycles. The molecule has 114 valence electrons. The first kappa shape index (κ1) is 15.5. The minimum Gasteiger partial charge on any atom is -0.447 e. The average Bonchev–Trinajstić information content (AvgIpc) is 2.99. The van der Waals surface area contributed by atoms with Gasteiger partial charge in [0, 0.05) is 6.04 Å². The highest BCUT2D eigenvalue weighted by atomic mass is 32.2. The monoisotopic (exact) mass is 300 g/mol. The number of rotatable bonds is 6. The van der Waals surface area contributed by atoms with Crippen molar-refractivity contribution in [2.45, 2.75) is 50.8 Å². The molecule has 0 radical (unpaired) electrons. The fourth-order valence-corrected chi connectivity index (χ4v) is 4.33. The molecule has 2 N–H and O–H groups in total. The van der Waals surface area contributed by atoms with Crippen molar-refractivity contribution in [3.05, 3.63) is 17.9 Å². The third kappa shape index (κ3) is 3.24. The van der Waals surface area contributed by atoms with Crippen molar-refractivity contribution in [1.82, 2.24) is 10.0 Å². The first-order valence-electron chi connectivity index (χ1n) is 7.23. The second-order valence-electron chi connectivity index (χ2n) is 5.58. The van der Waals surface area contributed by atoms with E-state index in [1.54, 1.807) is 13.1 Å². The van der Waals surface area contributed by atoms with E-state index in [0.717, 1.165) is 19.3 Å². The van der Waals surface area contributed by atoms with E-state index >= 15 is 0 Å². The first-order chi connectivity index (χ1) is 9.47. The maximum Gasteiger partial charge on any atom is 0.274 e. The standard InChI is InChI=1S/C14H24N2O3S/c1-4-11-5-7-13(10(11)2)16-20(17,18)14-8-6-12(19-14)9-15-3/h6,8,10-11,13,15-16H,4-5,7,9H2,1-3H3. The molecular formula is C14H24N2O3S. The minimum absolute atomic E-state index is 0.00917. The summed E-state index contributed by atoms with van der Waals surface area (Å²) in [5.41, 5.74) is 0. The zero-order valence-electron chi connectivity index (χ0n) is 12.3. The quantitative estimate of drug-likeness (QED) is 0.844. The molecule has 6 heteroatoms. The van der Waals surface area contributed by atoms with Crippen LogP contribution >= 0.6 is 0 Å². The summed E-state index contributed by atoms with van der Waals surface area (Å²) in [7, 11) is -1.76. The summed E-state index contributed by atoms with van der Waals surface area (Å²) >= 11 is 0. The van der Waals surface area contributed by atoms with Crippen LogP contribution in [0.3, 0.4) is 0 Å². The molecule has 3 atom stereocenters. The summed E-state index contributed by atoms with van der Waals surface area (Å²) in [4.78, 5) is 0. The third-order valence-electron chi connectivity index (χ3n) is 4.31. The van der Waals surface area contributed by atoms with Gasteiger partial charge < -0.3 is 9.73 Å². The number of sulfonamides is 1. The Morgan fingerprint density at radius 2 is 2.10 bits per heavy atom. The van der Waals surface area contributed by atoms with Gasteiger partial charge in [0.25, 0.3) is 10.0 Å². The third-order valence-corrected chi connectivity index (χ3v) is 5.67. The predicted octanol–water partition coefficient (Wildman–Crippen LogP) is 2.10. The van der Waals surface area contributed by atoms with Crippen molar-refractivity contribution >= 4 is 10.0 Å². The fourth-order valence-electron chi connectivity index (χ4n) is 3.02. The van der Waals surface area contributed by atoms with Gasteiger partial charge in [0.15, 0.2) is 0 Å². The van der Waals surface area contributed by atoms with Crippen LogP contribution in [0.5, 0.6) is 0 Å². The SMILES string of the molecule is CCC1CCC(NS(=O)(=O)c2ccc(CNC)o2)C1C. The molecule has 20 heavy (non-hydrogen) atoms. The molecular weight excluding hydrogens is 276 g/mol. The number of hydrogen-bond donors (Lipinski definition) is 2. The van der Waals surface area contributed by atoms with Crippen molar-refractivity contribution in [2.24, 2.45) is 11.8 Å². The fraction of sp³-hybridized carbons (Fsp3) is 0.714. The molecule has 1 aliphatic carbocycles. The predicted molar refractivity (Wildman–Crippen MR) is 77.8 cm³/mol. The lowest BCUT2D eigenvalue weighted by atomic mass is 9.94. The van der Waals surface area contributed by atoms with Crippen LogP contribution in [0.25, 0.3) is 0 Å². The van der Waals surface area contributed by atoms with Crippen LogP contribution in [-0.4, -0.2) is 21.5 Å². The number of furan rings is 1. The van der Waals surface area contributed by atoms with Crippen LogP contribution < -0.4 is 10.0 Å². The Morgan fingerprint density at radius 3 is 2.70 bits per heavy atom. The molecule has 1 saturated carbocycles. The first-order valence-corrected chi connectivity index (χ1v) is 8.72. The lowest BCUT2D eigenvalue weighted by Gasteiger charge is -2.20. The Labute approximate surface area is 121 Å². The largest absolute Gasteiger partial charge is 0.447 e. The van der Waals surface area contributed by atoms with Crippen LogP contribution in [0.2, 0.25) is 0 Å². The summed E-state index contributed by atoms with van der Waals surface area (Å²) < 4.78 is 32.8. The molecule has 0 aliphatic heterocycles. The van der Waals surface area contributed by atoms with Crippen molar-refractivity contribution in [3.8, 4) is 0 Å². The highest BCUT2D eigenvalue weighted by molar-refractivity contribution is 7.89. The van der Waals surface area contributed by atoms with Crippen LogP contribution in [0.4, 0.5) is 0 Å². The molecule has 5 nitrogen and oxygen atoms in total. The van der Waals surface area contributed by atoms with E-state index in [2.05, 4.69) is 23.9 Å². The Kier molecular flexibility index (Phi) is 4.88. The van der Waals surface area contributed by atoms with E-state index in [9.17, 15) is 8.42 Å².